The fourth-order valence-corrected chi connectivity index (χ4v) is 3.06. The summed E-state index contributed by atoms with van der Waals surface area (Å²) in [5.74, 6) is -0.251. The Kier molecular flexibility index (Phi) is 3.29. The van der Waals surface area contributed by atoms with E-state index in [4.69, 9.17) is 27.9 Å². The molecule has 0 saturated heterocycles. The van der Waals surface area contributed by atoms with Gasteiger partial charge in [0, 0.05) is 20.1 Å². The van der Waals surface area contributed by atoms with Crippen molar-refractivity contribution < 1.29 is 9.53 Å². The van der Waals surface area contributed by atoms with E-state index in [1.807, 2.05) is 12.1 Å². The monoisotopic (exact) mass is 356 g/mol. The molecule has 0 spiro atoms. The topological polar surface area (TPSA) is 26.3 Å². The first-order valence-electron chi connectivity index (χ1n) is 5.52. The molecule has 0 N–H and O–H groups in total. The smallest absolute Gasteiger partial charge is 0.323 e. The number of benzene rings is 2. The summed E-state index contributed by atoms with van der Waals surface area (Å²) in [6.07, 6.45) is 0. The number of hydrogen-bond acceptors (Lipinski definition) is 2. The van der Waals surface area contributed by atoms with Crippen molar-refractivity contribution in [3.8, 4) is 5.75 Å². The minimum atomic E-state index is -0.503. The maximum atomic E-state index is 12.1. The van der Waals surface area contributed by atoms with Crippen molar-refractivity contribution in [3.05, 3.63) is 62.0 Å². The Morgan fingerprint density at radius 2 is 1.84 bits per heavy atom. The predicted octanol–water partition coefficient (Wildman–Crippen LogP) is 4.81. The Labute approximate surface area is 128 Å². The van der Waals surface area contributed by atoms with Crippen LogP contribution in [0.2, 0.25) is 10.0 Å². The molecule has 1 unspecified atom stereocenters. The molecule has 2 aromatic rings. The summed E-state index contributed by atoms with van der Waals surface area (Å²) in [6.45, 7) is 0. The van der Waals surface area contributed by atoms with E-state index in [-0.39, 0.29) is 5.97 Å². The van der Waals surface area contributed by atoms with Gasteiger partial charge in [0.1, 0.15) is 11.7 Å². The van der Waals surface area contributed by atoms with Gasteiger partial charge in [-0.3, -0.25) is 4.79 Å². The second kappa shape index (κ2) is 4.82. The molecule has 0 bridgehead atoms. The molecule has 19 heavy (non-hydrogen) atoms. The van der Waals surface area contributed by atoms with Crippen LogP contribution in [0, 0.1) is 0 Å². The minimum Gasteiger partial charge on any atom is -0.425 e. The van der Waals surface area contributed by atoms with E-state index < -0.39 is 5.92 Å². The lowest BCUT2D eigenvalue weighted by atomic mass is 9.93. The first kappa shape index (κ1) is 13.0. The van der Waals surface area contributed by atoms with Crippen LogP contribution >= 0.6 is 39.1 Å². The van der Waals surface area contributed by atoms with Crippen molar-refractivity contribution in [1.29, 1.82) is 0 Å². The van der Waals surface area contributed by atoms with Crippen molar-refractivity contribution in [1.82, 2.24) is 0 Å². The second-order valence-electron chi connectivity index (χ2n) is 4.20. The SMILES string of the molecule is O=C1Oc2ccc(Br)cc2C1c1ccc(Cl)cc1Cl. The summed E-state index contributed by atoms with van der Waals surface area (Å²) in [5.41, 5.74) is 1.51. The molecule has 5 heteroatoms. The van der Waals surface area contributed by atoms with Gasteiger partial charge in [-0.25, -0.2) is 0 Å². The Balaban J connectivity index is 2.16. The van der Waals surface area contributed by atoms with Crippen LogP contribution in [0.5, 0.6) is 5.75 Å². The zero-order valence-electron chi connectivity index (χ0n) is 9.49. The average molecular weight is 358 g/mol. The van der Waals surface area contributed by atoms with E-state index in [9.17, 15) is 4.79 Å². The molecule has 3 rings (SSSR count). The number of carbonyl (C=O) groups excluding carboxylic acids is 1. The fraction of sp³-hybridized carbons (Fsp3) is 0.0714. The van der Waals surface area contributed by atoms with E-state index >= 15 is 0 Å². The lowest BCUT2D eigenvalue weighted by Gasteiger charge is -2.10. The zero-order valence-corrected chi connectivity index (χ0v) is 12.6. The van der Waals surface area contributed by atoms with E-state index in [0.29, 0.717) is 21.4 Å². The van der Waals surface area contributed by atoms with Crippen molar-refractivity contribution in [3.63, 3.8) is 0 Å². The maximum absolute atomic E-state index is 12.1. The molecule has 0 fully saturated rings. The predicted molar refractivity (Wildman–Crippen MR) is 78.1 cm³/mol. The molecule has 1 atom stereocenters. The summed E-state index contributed by atoms with van der Waals surface area (Å²) in [4.78, 5) is 12.1. The molecule has 0 radical (unpaired) electrons. The molecule has 2 nitrogen and oxygen atoms in total. The van der Waals surface area contributed by atoms with Gasteiger partial charge in [-0.1, -0.05) is 45.2 Å². The third-order valence-electron chi connectivity index (χ3n) is 3.00. The first-order chi connectivity index (χ1) is 9.06. The first-order valence-corrected chi connectivity index (χ1v) is 7.07. The lowest BCUT2D eigenvalue weighted by molar-refractivity contribution is -0.133. The number of halogens is 3. The van der Waals surface area contributed by atoms with Crippen LogP contribution in [0.4, 0.5) is 0 Å². The van der Waals surface area contributed by atoms with Gasteiger partial charge in [-0.05, 0) is 35.9 Å². The summed E-state index contributed by atoms with van der Waals surface area (Å²) in [5, 5.41) is 0.997. The number of fused-ring (bicyclic) bond motifs is 1. The number of esters is 1. The van der Waals surface area contributed by atoms with Crippen molar-refractivity contribution in [2.75, 3.05) is 0 Å². The van der Waals surface area contributed by atoms with Gasteiger partial charge in [0.05, 0.1) is 0 Å². The maximum Gasteiger partial charge on any atom is 0.323 e. The Morgan fingerprint density at radius 3 is 2.58 bits per heavy atom. The summed E-state index contributed by atoms with van der Waals surface area (Å²) < 4.78 is 6.15. The van der Waals surface area contributed by atoms with E-state index in [1.165, 1.54) is 0 Å². The Bertz CT molecular complexity index is 685. The molecule has 1 aliphatic rings. The van der Waals surface area contributed by atoms with E-state index in [2.05, 4.69) is 15.9 Å². The minimum absolute atomic E-state index is 0.322. The Hall–Kier alpha value is -1.03. The molecule has 0 amide bonds. The normalized spacial score (nSPS) is 17.2. The Morgan fingerprint density at radius 1 is 1.05 bits per heavy atom. The van der Waals surface area contributed by atoms with Crippen LogP contribution in [-0.4, -0.2) is 5.97 Å². The highest BCUT2D eigenvalue weighted by atomic mass is 79.9. The van der Waals surface area contributed by atoms with Crippen LogP contribution in [-0.2, 0) is 4.79 Å². The van der Waals surface area contributed by atoms with Crippen LogP contribution in [0.1, 0.15) is 17.0 Å². The molecule has 1 aliphatic heterocycles. The summed E-state index contributed by atoms with van der Waals surface area (Å²) in [7, 11) is 0. The molecule has 1 heterocycles. The summed E-state index contributed by atoms with van der Waals surface area (Å²) in [6, 6.07) is 10.6. The van der Waals surface area contributed by atoms with Crippen LogP contribution in [0.3, 0.4) is 0 Å². The van der Waals surface area contributed by atoms with Crippen LogP contribution in [0.15, 0.2) is 40.9 Å². The number of ether oxygens (including phenoxy) is 1. The fourth-order valence-electron chi connectivity index (χ4n) is 2.16. The zero-order chi connectivity index (χ0) is 13.6. The molecule has 0 aliphatic carbocycles. The highest BCUT2D eigenvalue weighted by Crippen LogP contribution is 2.42. The third kappa shape index (κ3) is 2.27. The van der Waals surface area contributed by atoms with E-state index in [1.54, 1.807) is 24.3 Å². The highest BCUT2D eigenvalue weighted by Gasteiger charge is 2.35. The summed E-state index contributed by atoms with van der Waals surface area (Å²) >= 11 is 15.4. The molecule has 0 saturated carbocycles. The highest BCUT2D eigenvalue weighted by molar-refractivity contribution is 9.10. The third-order valence-corrected chi connectivity index (χ3v) is 4.06. The van der Waals surface area contributed by atoms with Crippen LogP contribution < -0.4 is 4.74 Å². The van der Waals surface area contributed by atoms with Crippen molar-refractivity contribution in [2.24, 2.45) is 0 Å². The molecular formula is C14H7BrCl2O2. The molecule has 0 aromatic heterocycles. The standard InChI is InChI=1S/C14H7BrCl2O2/c15-7-1-4-12-10(5-7)13(14(18)19-12)9-3-2-8(16)6-11(9)17/h1-6,13H. The van der Waals surface area contributed by atoms with Gasteiger partial charge >= 0.3 is 5.97 Å². The van der Waals surface area contributed by atoms with E-state index in [0.717, 1.165) is 10.0 Å². The van der Waals surface area contributed by atoms with Crippen molar-refractivity contribution >= 4 is 45.1 Å². The molecule has 2 aromatic carbocycles. The van der Waals surface area contributed by atoms with Gasteiger partial charge in [-0.2, -0.15) is 0 Å². The lowest BCUT2D eigenvalue weighted by Crippen LogP contribution is -2.11. The second-order valence-corrected chi connectivity index (χ2v) is 5.96. The van der Waals surface area contributed by atoms with Gasteiger partial charge in [-0.15, -0.1) is 0 Å². The average Bonchev–Trinajstić information content (AvgIpc) is 2.65. The number of rotatable bonds is 1. The largest absolute Gasteiger partial charge is 0.425 e. The van der Waals surface area contributed by atoms with Crippen LogP contribution in [0.25, 0.3) is 0 Å². The van der Waals surface area contributed by atoms with Gasteiger partial charge in [0.15, 0.2) is 0 Å². The number of carbonyl (C=O) groups is 1. The van der Waals surface area contributed by atoms with Gasteiger partial charge in [0.2, 0.25) is 0 Å². The quantitative estimate of drug-likeness (QED) is 0.541. The van der Waals surface area contributed by atoms with Gasteiger partial charge in [0.25, 0.3) is 0 Å². The molecule has 96 valence electrons. The number of hydrogen-bond donors (Lipinski definition) is 0. The molecular weight excluding hydrogens is 351 g/mol. The van der Waals surface area contributed by atoms with Crippen molar-refractivity contribution in [2.45, 2.75) is 5.92 Å². The van der Waals surface area contributed by atoms with Gasteiger partial charge < -0.3 is 4.74 Å².